The number of nitrogens with one attached hydrogen (secondary N) is 2. The van der Waals surface area contributed by atoms with Crippen molar-refractivity contribution in [3.05, 3.63) is 52.5 Å². The maximum Gasteiger partial charge on any atom is 0.256 e. The summed E-state index contributed by atoms with van der Waals surface area (Å²) >= 11 is 6.33. The van der Waals surface area contributed by atoms with Crippen molar-refractivity contribution >= 4 is 66.7 Å². The number of nitrogens with zero attached hydrogens (tertiary/aromatic N) is 1. The number of hydrogen-bond acceptors (Lipinski definition) is 6. The van der Waals surface area contributed by atoms with Gasteiger partial charge in [-0.2, -0.15) is 0 Å². The number of thioether (sulfide) groups is 1. The molecule has 156 valence electrons. The van der Waals surface area contributed by atoms with E-state index in [-0.39, 0.29) is 17.9 Å². The molecule has 0 saturated carbocycles. The summed E-state index contributed by atoms with van der Waals surface area (Å²) in [6.45, 7) is 1.35. The highest BCUT2D eigenvalue weighted by molar-refractivity contribution is 9.10. The van der Waals surface area contributed by atoms with Crippen LogP contribution in [-0.4, -0.2) is 41.8 Å². The van der Waals surface area contributed by atoms with Crippen LogP contribution in [0.2, 0.25) is 0 Å². The smallest absolute Gasteiger partial charge is 0.256 e. The molecule has 0 bridgehead atoms. The standard InChI is InChI=1S/C21H20BrN3O3S2/c22-16-6-2-1-5-15(16)20(27)24-13-7-8-17-18(10-13)30-21(25-17)29-12-19(26)23-11-14-4-3-9-28-14/h1-2,5-8,10,14H,3-4,9,11-12H2,(H,23,26)(H,24,27)/t14-/m1/s1. The topological polar surface area (TPSA) is 80.3 Å². The molecule has 30 heavy (non-hydrogen) atoms. The molecule has 1 atom stereocenters. The molecule has 1 saturated heterocycles. The summed E-state index contributed by atoms with van der Waals surface area (Å²) in [5.74, 6) is 0.123. The first-order valence-electron chi connectivity index (χ1n) is 9.56. The summed E-state index contributed by atoms with van der Waals surface area (Å²) in [6.07, 6.45) is 2.21. The molecule has 3 aromatic rings. The Hall–Kier alpha value is -1.94. The van der Waals surface area contributed by atoms with E-state index in [1.165, 1.54) is 23.1 Å². The van der Waals surface area contributed by atoms with Crippen molar-refractivity contribution in [2.75, 3.05) is 24.2 Å². The van der Waals surface area contributed by atoms with Crippen molar-refractivity contribution in [1.82, 2.24) is 10.3 Å². The van der Waals surface area contributed by atoms with Gasteiger partial charge in [-0.3, -0.25) is 9.59 Å². The molecule has 6 nitrogen and oxygen atoms in total. The number of aromatic nitrogens is 1. The highest BCUT2D eigenvalue weighted by Gasteiger charge is 2.16. The maximum absolute atomic E-state index is 12.5. The molecule has 2 amide bonds. The summed E-state index contributed by atoms with van der Waals surface area (Å²) in [6, 6.07) is 12.9. The van der Waals surface area contributed by atoms with E-state index in [9.17, 15) is 9.59 Å². The molecule has 1 aromatic heterocycles. The van der Waals surface area contributed by atoms with E-state index in [4.69, 9.17) is 4.74 Å². The van der Waals surface area contributed by atoms with Gasteiger partial charge in [-0.05, 0) is 59.1 Å². The second-order valence-corrected chi connectivity index (χ2v) is 9.93. The molecule has 0 spiro atoms. The van der Waals surface area contributed by atoms with Gasteiger partial charge in [0.05, 0.1) is 27.6 Å². The Morgan fingerprint density at radius 2 is 2.13 bits per heavy atom. The molecule has 1 fully saturated rings. The minimum atomic E-state index is -0.177. The zero-order chi connectivity index (χ0) is 20.9. The van der Waals surface area contributed by atoms with Gasteiger partial charge < -0.3 is 15.4 Å². The number of carbonyl (C=O) groups excluding carboxylic acids is 2. The monoisotopic (exact) mass is 505 g/mol. The Bertz CT molecular complexity index is 1070. The van der Waals surface area contributed by atoms with Crippen LogP contribution in [0.5, 0.6) is 0 Å². The minimum Gasteiger partial charge on any atom is -0.376 e. The molecule has 0 aliphatic carbocycles. The van der Waals surface area contributed by atoms with Crippen molar-refractivity contribution < 1.29 is 14.3 Å². The Labute approximate surface area is 190 Å². The number of hydrogen-bond donors (Lipinski definition) is 2. The van der Waals surface area contributed by atoms with Crippen LogP contribution in [0.25, 0.3) is 10.2 Å². The number of thiazole rings is 1. The fourth-order valence-electron chi connectivity index (χ4n) is 3.10. The van der Waals surface area contributed by atoms with Crippen molar-refractivity contribution in [3.8, 4) is 0 Å². The molecule has 4 rings (SSSR count). The summed E-state index contributed by atoms with van der Waals surface area (Å²) < 4.78 is 8.05. The van der Waals surface area contributed by atoms with E-state index >= 15 is 0 Å². The fraction of sp³-hybridized carbons (Fsp3) is 0.286. The SMILES string of the molecule is O=C(CSc1nc2ccc(NC(=O)c3ccccc3Br)cc2s1)NC[C@H]1CCCO1. The quantitative estimate of drug-likeness (QED) is 0.455. The Balaban J connectivity index is 1.34. The fourth-order valence-corrected chi connectivity index (χ4v) is 5.50. The number of carbonyl (C=O) groups is 2. The maximum atomic E-state index is 12.5. The molecule has 2 heterocycles. The predicted octanol–water partition coefficient (Wildman–Crippen LogP) is 4.70. The lowest BCUT2D eigenvalue weighted by Gasteiger charge is -2.09. The van der Waals surface area contributed by atoms with E-state index in [1.807, 2.05) is 36.4 Å². The molecule has 1 aliphatic heterocycles. The molecular weight excluding hydrogens is 486 g/mol. The van der Waals surface area contributed by atoms with Crippen LogP contribution in [0.15, 0.2) is 51.3 Å². The average molecular weight is 506 g/mol. The van der Waals surface area contributed by atoms with Crippen LogP contribution in [-0.2, 0) is 9.53 Å². The summed E-state index contributed by atoms with van der Waals surface area (Å²) in [5.41, 5.74) is 2.13. The van der Waals surface area contributed by atoms with E-state index < -0.39 is 0 Å². The highest BCUT2D eigenvalue weighted by atomic mass is 79.9. The number of anilines is 1. The van der Waals surface area contributed by atoms with Crippen molar-refractivity contribution in [2.24, 2.45) is 0 Å². The van der Waals surface area contributed by atoms with Gasteiger partial charge >= 0.3 is 0 Å². The number of amides is 2. The van der Waals surface area contributed by atoms with E-state index in [0.717, 1.165) is 38.5 Å². The average Bonchev–Trinajstić information content (AvgIpc) is 3.40. The molecule has 9 heteroatoms. The predicted molar refractivity (Wildman–Crippen MR) is 124 cm³/mol. The molecule has 2 N–H and O–H groups in total. The van der Waals surface area contributed by atoms with Gasteiger partial charge in [-0.15, -0.1) is 11.3 Å². The zero-order valence-corrected chi connectivity index (χ0v) is 19.2. The molecule has 0 radical (unpaired) electrons. The van der Waals surface area contributed by atoms with Gasteiger partial charge in [0.25, 0.3) is 5.91 Å². The van der Waals surface area contributed by atoms with Crippen LogP contribution in [0.4, 0.5) is 5.69 Å². The van der Waals surface area contributed by atoms with E-state index in [2.05, 4.69) is 31.5 Å². The van der Waals surface area contributed by atoms with Gasteiger partial charge in [0.2, 0.25) is 5.91 Å². The largest absolute Gasteiger partial charge is 0.376 e. The highest BCUT2D eigenvalue weighted by Crippen LogP contribution is 2.31. The lowest BCUT2D eigenvalue weighted by atomic mass is 10.2. The second kappa shape index (κ2) is 9.91. The van der Waals surface area contributed by atoms with Crippen LogP contribution < -0.4 is 10.6 Å². The van der Waals surface area contributed by atoms with Crippen LogP contribution in [0.3, 0.4) is 0 Å². The third kappa shape index (κ3) is 5.40. The second-order valence-electron chi connectivity index (χ2n) is 6.82. The summed E-state index contributed by atoms with van der Waals surface area (Å²) in [5, 5.41) is 5.84. The molecule has 2 aromatic carbocycles. The number of halogens is 1. The number of benzene rings is 2. The van der Waals surface area contributed by atoms with Gasteiger partial charge in [0.1, 0.15) is 0 Å². The van der Waals surface area contributed by atoms with E-state index in [1.54, 1.807) is 6.07 Å². The first-order valence-corrected chi connectivity index (χ1v) is 12.2. The Morgan fingerprint density at radius 3 is 2.93 bits per heavy atom. The van der Waals surface area contributed by atoms with Crippen LogP contribution in [0, 0.1) is 0 Å². The van der Waals surface area contributed by atoms with Gasteiger partial charge in [0.15, 0.2) is 4.34 Å². The molecular formula is C21H20BrN3O3S2. The Kier molecular flexibility index (Phi) is 7.04. The number of fused-ring (bicyclic) bond motifs is 1. The lowest BCUT2D eigenvalue weighted by Crippen LogP contribution is -2.32. The van der Waals surface area contributed by atoms with Crippen molar-refractivity contribution in [1.29, 1.82) is 0 Å². The van der Waals surface area contributed by atoms with Crippen molar-refractivity contribution in [2.45, 2.75) is 23.3 Å². The summed E-state index contributed by atoms with van der Waals surface area (Å²) in [7, 11) is 0. The lowest BCUT2D eigenvalue weighted by molar-refractivity contribution is -0.119. The van der Waals surface area contributed by atoms with Gasteiger partial charge in [0, 0.05) is 23.3 Å². The minimum absolute atomic E-state index is 0.0175. The first kappa shape index (κ1) is 21.3. The van der Waals surface area contributed by atoms with Crippen molar-refractivity contribution in [3.63, 3.8) is 0 Å². The molecule has 0 unspecified atom stereocenters. The number of rotatable bonds is 7. The zero-order valence-electron chi connectivity index (χ0n) is 16.0. The third-order valence-electron chi connectivity index (χ3n) is 4.62. The van der Waals surface area contributed by atoms with E-state index in [0.29, 0.717) is 23.5 Å². The third-order valence-corrected chi connectivity index (χ3v) is 7.48. The number of ether oxygens (including phenoxy) is 1. The van der Waals surface area contributed by atoms with Crippen LogP contribution in [0.1, 0.15) is 23.2 Å². The first-order chi connectivity index (χ1) is 14.6. The molecule has 1 aliphatic rings. The normalized spacial score (nSPS) is 16.0. The van der Waals surface area contributed by atoms with Crippen LogP contribution >= 0.6 is 39.0 Å². The summed E-state index contributed by atoms with van der Waals surface area (Å²) in [4.78, 5) is 29.1. The van der Waals surface area contributed by atoms with Gasteiger partial charge in [-0.25, -0.2) is 4.98 Å². The Morgan fingerprint density at radius 1 is 1.27 bits per heavy atom. The van der Waals surface area contributed by atoms with Gasteiger partial charge in [-0.1, -0.05) is 23.9 Å².